The molecule has 0 N–H and O–H groups in total. The summed E-state index contributed by atoms with van der Waals surface area (Å²) < 4.78 is 5.05. The van der Waals surface area contributed by atoms with Gasteiger partial charge < -0.3 is 4.74 Å². The quantitative estimate of drug-likeness (QED) is 0.627. The van der Waals surface area contributed by atoms with Gasteiger partial charge in [-0.1, -0.05) is 0 Å². The molecule has 64 valence electrons. The van der Waals surface area contributed by atoms with Gasteiger partial charge in [0.25, 0.3) is 0 Å². The number of hydrogen-bond acceptors (Lipinski definition) is 3. The van der Waals surface area contributed by atoms with Crippen LogP contribution in [0, 0.1) is 6.92 Å². The molecule has 1 rings (SSSR count). The fourth-order valence-electron chi connectivity index (χ4n) is 0.913. The Kier molecular flexibility index (Phi) is 2.80. The largest absolute Gasteiger partial charge is 0.479 e. The average molecular weight is 164 g/mol. The molecule has 0 spiro atoms. The fraction of sp³-hybridized carbons (Fsp3) is 0.333. The summed E-state index contributed by atoms with van der Waals surface area (Å²) in [7, 11) is 1.59. The van der Waals surface area contributed by atoms with E-state index in [0.717, 1.165) is 11.4 Å². The zero-order chi connectivity index (χ0) is 8.97. The van der Waals surface area contributed by atoms with Gasteiger partial charge in [-0.3, -0.25) is 4.99 Å². The molecule has 0 amide bonds. The molecule has 0 aliphatic carbocycles. The molecule has 0 unspecified atom stereocenters. The normalized spacial score (nSPS) is 10.6. The van der Waals surface area contributed by atoms with Crippen molar-refractivity contribution in [2.75, 3.05) is 7.11 Å². The van der Waals surface area contributed by atoms with E-state index in [-0.39, 0.29) is 0 Å². The SMILES string of the molecule is CC=Nc1ccc(C)nc1OC. The maximum absolute atomic E-state index is 5.05. The number of rotatable bonds is 2. The molecule has 0 aromatic carbocycles. The van der Waals surface area contributed by atoms with Gasteiger partial charge in [0.1, 0.15) is 5.69 Å². The Hall–Kier alpha value is -1.38. The standard InChI is InChI=1S/C9H12N2O/c1-4-10-8-6-5-7(2)11-9(8)12-3/h4-6H,1-3H3. The molecule has 12 heavy (non-hydrogen) atoms. The van der Waals surface area contributed by atoms with Crippen LogP contribution in [-0.2, 0) is 0 Å². The zero-order valence-electron chi connectivity index (χ0n) is 7.53. The summed E-state index contributed by atoms with van der Waals surface area (Å²) in [5.74, 6) is 0.577. The van der Waals surface area contributed by atoms with Crippen LogP contribution < -0.4 is 4.74 Å². The van der Waals surface area contributed by atoms with Crippen molar-refractivity contribution in [2.45, 2.75) is 13.8 Å². The monoisotopic (exact) mass is 164 g/mol. The molecule has 1 aromatic heterocycles. The lowest BCUT2D eigenvalue weighted by Crippen LogP contribution is -1.89. The van der Waals surface area contributed by atoms with Crippen molar-refractivity contribution in [1.82, 2.24) is 4.98 Å². The van der Waals surface area contributed by atoms with Crippen LogP contribution in [-0.4, -0.2) is 18.3 Å². The van der Waals surface area contributed by atoms with Crippen LogP contribution in [0.1, 0.15) is 12.6 Å². The van der Waals surface area contributed by atoms with Crippen molar-refractivity contribution in [1.29, 1.82) is 0 Å². The lowest BCUT2D eigenvalue weighted by molar-refractivity contribution is 0.398. The molecule has 0 saturated carbocycles. The van der Waals surface area contributed by atoms with E-state index in [2.05, 4.69) is 9.98 Å². The second-order valence-electron chi connectivity index (χ2n) is 2.37. The van der Waals surface area contributed by atoms with Crippen molar-refractivity contribution >= 4 is 11.9 Å². The minimum absolute atomic E-state index is 0.577. The summed E-state index contributed by atoms with van der Waals surface area (Å²) in [6.07, 6.45) is 1.72. The van der Waals surface area contributed by atoms with E-state index in [1.54, 1.807) is 13.3 Å². The van der Waals surface area contributed by atoms with E-state index < -0.39 is 0 Å². The molecule has 0 fully saturated rings. The van der Waals surface area contributed by atoms with Crippen LogP contribution >= 0.6 is 0 Å². The van der Waals surface area contributed by atoms with Crippen LogP contribution in [0.15, 0.2) is 17.1 Å². The molecule has 3 heteroatoms. The van der Waals surface area contributed by atoms with Gasteiger partial charge >= 0.3 is 0 Å². The number of aliphatic imine (C=N–C) groups is 1. The fourth-order valence-corrected chi connectivity index (χ4v) is 0.913. The molecule has 3 nitrogen and oxygen atoms in total. The highest BCUT2D eigenvalue weighted by Gasteiger charge is 2.00. The first-order valence-corrected chi connectivity index (χ1v) is 3.78. The van der Waals surface area contributed by atoms with Crippen molar-refractivity contribution in [2.24, 2.45) is 4.99 Å². The Morgan fingerprint density at radius 3 is 2.83 bits per heavy atom. The van der Waals surface area contributed by atoms with Crippen molar-refractivity contribution in [3.05, 3.63) is 17.8 Å². The molecule has 0 atom stereocenters. The van der Waals surface area contributed by atoms with Crippen LogP contribution in [0.25, 0.3) is 0 Å². The summed E-state index contributed by atoms with van der Waals surface area (Å²) in [5, 5.41) is 0. The van der Waals surface area contributed by atoms with E-state index in [9.17, 15) is 0 Å². The average Bonchev–Trinajstić information content (AvgIpc) is 2.08. The van der Waals surface area contributed by atoms with Crippen LogP contribution in [0.4, 0.5) is 5.69 Å². The third-order valence-electron chi connectivity index (χ3n) is 1.44. The third-order valence-corrected chi connectivity index (χ3v) is 1.44. The van der Waals surface area contributed by atoms with Crippen molar-refractivity contribution in [3.63, 3.8) is 0 Å². The number of pyridine rings is 1. The highest BCUT2D eigenvalue weighted by atomic mass is 16.5. The second kappa shape index (κ2) is 3.85. The first-order chi connectivity index (χ1) is 5.77. The van der Waals surface area contributed by atoms with Gasteiger partial charge in [-0.2, -0.15) is 0 Å². The molecular formula is C9H12N2O. The van der Waals surface area contributed by atoms with E-state index in [1.165, 1.54) is 0 Å². The molecule has 0 saturated heterocycles. The summed E-state index contributed by atoms with van der Waals surface area (Å²) in [5.41, 5.74) is 1.70. The number of aryl methyl sites for hydroxylation is 1. The Labute approximate surface area is 72.1 Å². The number of ether oxygens (including phenoxy) is 1. The maximum Gasteiger partial charge on any atom is 0.239 e. The highest BCUT2D eigenvalue weighted by molar-refractivity contribution is 5.63. The van der Waals surface area contributed by atoms with E-state index in [1.807, 2.05) is 26.0 Å². The lowest BCUT2D eigenvalue weighted by Gasteiger charge is -2.02. The Balaban J connectivity index is 3.10. The van der Waals surface area contributed by atoms with Gasteiger partial charge in [-0.25, -0.2) is 4.98 Å². The van der Waals surface area contributed by atoms with Gasteiger partial charge in [-0.15, -0.1) is 0 Å². The number of aromatic nitrogens is 1. The summed E-state index contributed by atoms with van der Waals surface area (Å²) in [6, 6.07) is 3.80. The predicted molar refractivity (Wildman–Crippen MR) is 49.4 cm³/mol. The van der Waals surface area contributed by atoms with Gasteiger partial charge in [0.15, 0.2) is 0 Å². The maximum atomic E-state index is 5.05. The molecule has 0 bridgehead atoms. The number of nitrogens with zero attached hydrogens (tertiary/aromatic N) is 2. The molecule has 0 aliphatic rings. The van der Waals surface area contributed by atoms with Gasteiger partial charge in [0.05, 0.1) is 7.11 Å². The molecule has 1 aromatic rings. The predicted octanol–water partition coefficient (Wildman–Crippen LogP) is 2.12. The van der Waals surface area contributed by atoms with Crippen molar-refractivity contribution in [3.8, 4) is 5.88 Å². The molecule has 1 heterocycles. The first-order valence-electron chi connectivity index (χ1n) is 3.78. The highest BCUT2D eigenvalue weighted by Crippen LogP contribution is 2.23. The molecule has 0 aliphatic heterocycles. The summed E-state index contributed by atoms with van der Waals surface area (Å²) in [4.78, 5) is 8.28. The van der Waals surface area contributed by atoms with Gasteiger partial charge in [0, 0.05) is 11.9 Å². The number of hydrogen-bond donors (Lipinski definition) is 0. The second-order valence-corrected chi connectivity index (χ2v) is 2.37. The van der Waals surface area contributed by atoms with Gasteiger partial charge in [0.2, 0.25) is 5.88 Å². The first kappa shape index (κ1) is 8.71. The van der Waals surface area contributed by atoms with E-state index in [0.29, 0.717) is 5.88 Å². The summed E-state index contributed by atoms with van der Waals surface area (Å²) >= 11 is 0. The van der Waals surface area contributed by atoms with Crippen LogP contribution in [0.5, 0.6) is 5.88 Å². The zero-order valence-corrected chi connectivity index (χ0v) is 7.53. The van der Waals surface area contributed by atoms with Crippen molar-refractivity contribution < 1.29 is 4.74 Å². The molecular weight excluding hydrogens is 152 g/mol. The van der Waals surface area contributed by atoms with Gasteiger partial charge in [-0.05, 0) is 26.0 Å². The summed E-state index contributed by atoms with van der Waals surface area (Å²) in [6.45, 7) is 3.78. The lowest BCUT2D eigenvalue weighted by atomic mass is 10.3. The van der Waals surface area contributed by atoms with Crippen LogP contribution in [0.3, 0.4) is 0 Å². The Bertz CT molecular complexity index is 295. The topological polar surface area (TPSA) is 34.5 Å². The number of methoxy groups -OCH3 is 1. The Morgan fingerprint density at radius 1 is 1.50 bits per heavy atom. The molecule has 0 radical (unpaired) electrons. The third kappa shape index (κ3) is 1.81. The van der Waals surface area contributed by atoms with E-state index in [4.69, 9.17) is 4.74 Å². The van der Waals surface area contributed by atoms with E-state index >= 15 is 0 Å². The smallest absolute Gasteiger partial charge is 0.239 e. The minimum Gasteiger partial charge on any atom is -0.479 e. The minimum atomic E-state index is 0.577. The van der Waals surface area contributed by atoms with Crippen LogP contribution in [0.2, 0.25) is 0 Å². The Morgan fingerprint density at radius 2 is 2.25 bits per heavy atom.